The molecule has 0 spiro atoms. The molecule has 118 valence electrons. The average molecular weight is 303 g/mol. The van der Waals surface area contributed by atoms with Crippen molar-refractivity contribution in [3.05, 3.63) is 53.9 Å². The molecular weight excluding hydrogens is 281 g/mol. The Bertz CT molecular complexity index is 605. The first-order chi connectivity index (χ1) is 10.6. The van der Waals surface area contributed by atoms with Crippen LogP contribution in [0.3, 0.4) is 0 Å². The molecule has 1 aromatic heterocycles. The van der Waals surface area contributed by atoms with E-state index in [1.165, 1.54) is 12.1 Å². The van der Waals surface area contributed by atoms with E-state index in [9.17, 15) is 9.18 Å². The molecule has 4 nitrogen and oxygen atoms in total. The number of carbonyl (C=O) groups is 1. The topological polar surface area (TPSA) is 46.9 Å². The largest absolute Gasteiger partial charge is 0.356 e. The Hall–Kier alpha value is -2.17. The van der Waals surface area contributed by atoms with Crippen LogP contribution in [0.5, 0.6) is 0 Å². The molecule has 0 saturated carbocycles. The van der Waals surface area contributed by atoms with Gasteiger partial charge < -0.3 is 9.88 Å². The van der Waals surface area contributed by atoms with Crippen molar-refractivity contribution in [3.8, 4) is 0 Å². The number of nitrogens with one attached hydrogen (secondary N) is 1. The average Bonchev–Trinajstić information content (AvgIpc) is 2.96. The molecule has 0 bridgehead atoms. The summed E-state index contributed by atoms with van der Waals surface area (Å²) in [6, 6.07) is 6.34. The number of hydrogen-bond donors (Lipinski definition) is 1. The fraction of sp³-hybridized carbons (Fsp3) is 0.412. The zero-order valence-electron chi connectivity index (χ0n) is 13.1. The Morgan fingerprint density at radius 2 is 2.05 bits per heavy atom. The first-order valence-corrected chi connectivity index (χ1v) is 7.58. The standard InChI is InChI=1S/C17H22FN3O/c1-13(2)17-20-10-12-21(17)11-8-16(22)19-9-7-14-3-5-15(18)6-4-14/h3-6,10,12-13H,7-9,11H2,1-2H3,(H,19,22). The lowest BCUT2D eigenvalue weighted by molar-refractivity contribution is -0.121. The Kier molecular flexibility index (Phi) is 5.69. The van der Waals surface area contributed by atoms with Crippen LogP contribution in [-0.4, -0.2) is 22.0 Å². The van der Waals surface area contributed by atoms with Crippen molar-refractivity contribution in [3.63, 3.8) is 0 Å². The van der Waals surface area contributed by atoms with Gasteiger partial charge in [0, 0.05) is 37.8 Å². The summed E-state index contributed by atoms with van der Waals surface area (Å²) < 4.78 is 14.8. The van der Waals surface area contributed by atoms with Crippen LogP contribution in [0.15, 0.2) is 36.7 Å². The Morgan fingerprint density at radius 3 is 2.73 bits per heavy atom. The molecule has 0 saturated heterocycles. The molecule has 5 heteroatoms. The first kappa shape index (κ1) is 16.2. The van der Waals surface area contributed by atoms with Crippen LogP contribution in [0.25, 0.3) is 0 Å². The van der Waals surface area contributed by atoms with E-state index < -0.39 is 0 Å². The van der Waals surface area contributed by atoms with Gasteiger partial charge in [0.2, 0.25) is 5.91 Å². The van der Waals surface area contributed by atoms with E-state index in [2.05, 4.69) is 24.1 Å². The van der Waals surface area contributed by atoms with Gasteiger partial charge in [0.15, 0.2) is 0 Å². The van der Waals surface area contributed by atoms with E-state index in [1.54, 1.807) is 18.3 Å². The van der Waals surface area contributed by atoms with Crippen molar-refractivity contribution in [1.82, 2.24) is 14.9 Å². The Labute approximate surface area is 130 Å². The summed E-state index contributed by atoms with van der Waals surface area (Å²) in [4.78, 5) is 16.2. The number of aromatic nitrogens is 2. The maximum atomic E-state index is 12.8. The van der Waals surface area contributed by atoms with Crippen LogP contribution in [0, 0.1) is 5.82 Å². The van der Waals surface area contributed by atoms with E-state index in [-0.39, 0.29) is 11.7 Å². The number of amides is 1. The van der Waals surface area contributed by atoms with Crippen molar-refractivity contribution in [2.75, 3.05) is 6.54 Å². The van der Waals surface area contributed by atoms with Gasteiger partial charge in [-0.1, -0.05) is 26.0 Å². The molecule has 22 heavy (non-hydrogen) atoms. The predicted octanol–water partition coefficient (Wildman–Crippen LogP) is 2.89. The van der Waals surface area contributed by atoms with Crippen LogP contribution in [0.1, 0.15) is 37.6 Å². The second-order valence-corrected chi connectivity index (χ2v) is 5.61. The second-order valence-electron chi connectivity index (χ2n) is 5.61. The van der Waals surface area contributed by atoms with Crippen molar-refractivity contribution < 1.29 is 9.18 Å². The molecule has 1 N–H and O–H groups in total. The quantitative estimate of drug-likeness (QED) is 0.855. The monoisotopic (exact) mass is 303 g/mol. The third-order valence-corrected chi connectivity index (χ3v) is 3.49. The Balaban J connectivity index is 1.72. The molecule has 2 aromatic rings. The van der Waals surface area contributed by atoms with Gasteiger partial charge in [0.1, 0.15) is 11.6 Å². The van der Waals surface area contributed by atoms with Crippen LogP contribution in [0.4, 0.5) is 4.39 Å². The van der Waals surface area contributed by atoms with E-state index >= 15 is 0 Å². The van der Waals surface area contributed by atoms with Gasteiger partial charge in [-0.2, -0.15) is 0 Å². The highest BCUT2D eigenvalue weighted by Gasteiger charge is 2.08. The lowest BCUT2D eigenvalue weighted by Gasteiger charge is -2.10. The SMILES string of the molecule is CC(C)c1nccn1CCC(=O)NCCc1ccc(F)cc1. The van der Waals surface area contributed by atoms with Crippen LogP contribution in [0.2, 0.25) is 0 Å². The minimum absolute atomic E-state index is 0.0190. The van der Waals surface area contributed by atoms with Gasteiger partial charge in [0.25, 0.3) is 0 Å². The molecule has 1 amide bonds. The van der Waals surface area contributed by atoms with Crippen molar-refractivity contribution in [2.45, 2.75) is 39.2 Å². The van der Waals surface area contributed by atoms with E-state index in [1.807, 2.05) is 10.8 Å². The summed E-state index contributed by atoms with van der Waals surface area (Å²) >= 11 is 0. The lowest BCUT2D eigenvalue weighted by atomic mass is 10.1. The number of aryl methyl sites for hydroxylation is 1. The first-order valence-electron chi connectivity index (χ1n) is 7.58. The third-order valence-electron chi connectivity index (χ3n) is 3.49. The highest BCUT2D eigenvalue weighted by Crippen LogP contribution is 2.11. The number of nitrogens with zero attached hydrogens (tertiary/aromatic N) is 2. The molecule has 0 atom stereocenters. The number of benzene rings is 1. The van der Waals surface area contributed by atoms with E-state index in [4.69, 9.17) is 0 Å². The van der Waals surface area contributed by atoms with E-state index in [0.717, 1.165) is 11.4 Å². The summed E-state index contributed by atoms with van der Waals surface area (Å²) in [5, 5.41) is 2.89. The molecular formula is C17H22FN3O. The zero-order valence-corrected chi connectivity index (χ0v) is 13.1. The third kappa shape index (κ3) is 4.69. The number of imidazole rings is 1. The normalized spacial score (nSPS) is 10.9. The Morgan fingerprint density at radius 1 is 1.32 bits per heavy atom. The smallest absolute Gasteiger partial charge is 0.221 e. The van der Waals surface area contributed by atoms with Crippen LogP contribution < -0.4 is 5.32 Å². The van der Waals surface area contributed by atoms with Crippen LogP contribution >= 0.6 is 0 Å². The molecule has 2 rings (SSSR count). The molecule has 0 aliphatic carbocycles. The van der Waals surface area contributed by atoms with Gasteiger partial charge in [0.05, 0.1) is 0 Å². The van der Waals surface area contributed by atoms with Gasteiger partial charge in [-0.3, -0.25) is 4.79 Å². The summed E-state index contributed by atoms with van der Waals surface area (Å²) in [6.45, 7) is 5.37. The van der Waals surface area contributed by atoms with Gasteiger partial charge >= 0.3 is 0 Å². The summed E-state index contributed by atoms with van der Waals surface area (Å²) in [7, 11) is 0. The summed E-state index contributed by atoms with van der Waals surface area (Å²) in [6.07, 6.45) is 4.80. The number of carbonyl (C=O) groups excluding carboxylic acids is 1. The number of rotatable bonds is 7. The van der Waals surface area contributed by atoms with Crippen molar-refractivity contribution >= 4 is 5.91 Å². The zero-order chi connectivity index (χ0) is 15.9. The van der Waals surface area contributed by atoms with Gasteiger partial charge in [-0.15, -0.1) is 0 Å². The van der Waals surface area contributed by atoms with Crippen LogP contribution in [-0.2, 0) is 17.8 Å². The molecule has 0 aliphatic heterocycles. The maximum absolute atomic E-state index is 12.8. The second kappa shape index (κ2) is 7.73. The van der Waals surface area contributed by atoms with Gasteiger partial charge in [-0.05, 0) is 24.1 Å². The minimum atomic E-state index is -0.242. The molecule has 0 radical (unpaired) electrons. The molecule has 0 aliphatic rings. The predicted molar refractivity (Wildman–Crippen MR) is 84.0 cm³/mol. The highest BCUT2D eigenvalue weighted by molar-refractivity contribution is 5.75. The van der Waals surface area contributed by atoms with Crippen molar-refractivity contribution in [2.24, 2.45) is 0 Å². The van der Waals surface area contributed by atoms with E-state index in [0.29, 0.717) is 31.8 Å². The molecule has 0 unspecified atom stereocenters. The number of hydrogen-bond acceptors (Lipinski definition) is 2. The number of halogens is 1. The summed E-state index contributed by atoms with van der Waals surface area (Å²) in [5.41, 5.74) is 1.01. The lowest BCUT2D eigenvalue weighted by Crippen LogP contribution is -2.26. The highest BCUT2D eigenvalue weighted by atomic mass is 19.1. The van der Waals surface area contributed by atoms with Gasteiger partial charge in [-0.25, -0.2) is 9.37 Å². The van der Waals surface area contributed by atoms with Crippen molar-refractivity contribution in [1.29, 1.82) is 0 Å². The fourth-order valence-corrected chi connectivity index (χ4v) is 2.32. The fourth-order valence-electron chi connectivity index (χ4n) is 2.32. The molecule has 1 heterocycles. The molecule has 0 fully saturated rings. The minimum Gasteiger partial charge on any atom is -0.356 e. The molecule has 1 aromatic carbocycles. The maximum Gasteiger partial charge on any atom is 0.221 e. The summed E-state index contributed by atoms with van der Waals surface area (Å²) in [5.74, 6) is 1.12.